The minimum atomic E-state index is 0.0959. The zero-order valence-corrected chi connectivity index (χ0v) is 11.5. The third-order valence-electron chi connectivity index (χ3n) is 2.77. The van der Waals surface area contributed by atoms with Gasteiger partial charge in [0.15, 0.2) is 0 Å². The molecule has 0 spiro atoms. The molecule has 0 amide bonds. The number of nitrogens with zero attached hydrogens (tertiary/aromatic N) is 1. The number of thiazole rings is 1. The van der Waals surface area contributed by atoms with Crippen LogP contribution in [0, 0.1) is 6.92 Å². The highest BCUT2D eigenvalue weighted by atomic mass is 32.1. The van der Waals surface area contributed by atoms with E-state index in [1.165, 1.54) is 5.56 Å². The third kappa shape index (κ3) is 3.55. The average Bonchev–Trinajstić information content (AvgIpc) is 2.74. The van der Waals surface area contributed by atoms with Gasteiger partial charge in [0.2, 0.25) is 0 Å². The quantitative estimate of drug-likeness (QED) is 0.901. The summed E-state index contributed by atoms with van der Waals surface area (Å²) in [7, 11) is 1.68. The van der Waals surface area contributed by atoms with Crippen LogP contribution in [-0.4, -0.2) is 18.1 Å². The molecule has 1 atom stereocenters. The zero-order chi connectivity index (χ0) is 13.0. The van der Waals surface area contributed by atoms with Gasteiger partial charge >= 0.3 is 0 Å². The number of aromatic nitrogens is 1. The Hall–Kier alpha value is -1.39. The lowest BCUT2D eigenvalue weighted by atomic mass is 10.0. The van der Waals surface area contributed by atoms with Gasteiger partial charge in [0, 0.05) is 17.8 Å². The molecule has 0 fully saturated rings. The lowest BCUT2D eigenvalue weighted by Crippen LogP contribution is -2.25. The van der Waals surface area contributed by atoms with Crippen LogP contribution in [0.1, 0.15) is 16.3 Å². The van der Waals surface area contributed by atoms with Crippen molar-refractivity contribution in [3.8, 4) is 5.75 Å². The Morgan fingerprint density at radius 2 is 2.22 bits per heavy atom. The molecule has 0 radical (unpaired) electrons. The topological polar surface area (TPSA) is 48.1 Å². The summed E-state index contributed by atoms with van der Waals surface area (Å²) in [6.45, 7) is 2.02. The maximum atomic E-state index is 6.16. The summed E-state index contributed by atoms with van der Waals surface area (Å²) in [5.41, 5.74) is 8.46. The first-order chi connectivity index (χ1) is 8.67. The van der Waals surface area contributed by atoms with Crippen LogP contribution in [0.15, 0.2) is 29.6 Å². The predicted octanol–water partition coefficient (Wildman–Crippen LogP) is 2.57. The number of aryl methyl sites for hydroxylation is 1. The minimum Gasteiger partial charge on any atom is -0.497 e. The van der Waals surface area contributed by atoms with Gasteiger partial charge < -0.3 is 10.5 Å². The molecule has 0 saturated carbocycles. The Kier molecular flexibility index (Phi) is 4.33. The molecular formula is C14H18N2OS. The first-order valence-electron chi connectivity index (χ1n) is 5.97. The van der Waals surface area contributed by atoms with Gasteiger partial charge in [0.25, 0.3) is 0 Å². The van der Waals surface area contributed by atoms with Crippen LogP contribution in [0.2, 0.25) is 0 Å². The molecule has 0 aliphatic rings. The third-order valence-corrected chi connectivity index (χ3v) is 3.59. The van der Waals surface area contributed by atoms with Crippen LogP contribution in [0.5, 0.6) is 5.75 Å². The van der Waals surface area contributed by atoms with E-state index >= 15 is 0 Å². The average molecular weight is 262 g/mol. The molecule has 1 heterocycles. The zero-order valence-electron chi connectivity index (χ0n) is 10.7. The highest BCUT2D eigenvalue weighted by Gasteiger charge is 2.08. The van der Waals surface area contributed by atoms with Crippen molar-refractivity contribution in [2.24, 2.45) is 5.73 Å². The van der Waals surface area contributed by atoms with E-state index < -0.39 is 0 Å². The number of hydrogen-bond donors (Lipinski definition) is 1. The fourth-order valence-electron chi connectivity index (χ4n) is 1.94. The summed E-state index contributed by atoms with van der Waals surface area (Å²) in [5, 5.41) is 3.18. The molecule has 1 aromatic heterocycles. The first kappa shape index (κ1) is 13.1. The Bertz CT molecular complexity index is 510. The smallest absolute Gasteiger partial charge is 0.119 e. The SMILES string of the molecule is COc1cccc(CC(N)Cc2csc(C)n2)c1. The highest BCUT2D eigenvalue weighted by molar-refractivity contribution is 7.09. The summed E-state index contributed by atoms with van der Waals surface area (Å²) in [4.78, 5) is 4.44. The number of rotatable bonds is 5. The number of nitrogens with two attached hydrogens (primary N) is 1. The van der Waals surface area contributed by atoms with Crippen LogP contribution < -0.4 is 10.5 Å². The molecule has 4 heteroatoms. The largest absolute Gasteiger partial charge is 0.497 e. The summed E-state index contributed by atoms with van der Waals surface area (Å²) >= 11 is 1.67. The van der Waals surface area contributed by atoms with Crippen molar-refractivity contribution >= 4 is 11.3 Å². The van der Waals surface area contributed by atoms with Crippen molar-refractivity contribution < 1.29 is 4.74 Å². The second-order valence-corrected chi connectivity index (χ2v) is 5.44. The second kappa shape index (κ2) is 5.98. The predicted molar refractivity (Wildman–Crippen MR) is 75.2 cm³/mol. The van der Waals surface area contributed by atoms with E-state index in [9.17, 15) is 0 Å². The van der Waals surface area contributed by atoms with Crippen molar-refractivity contribution in [3.05, 3.63) is 45.9 Å². The molecule has 0 aliphatic heterocycles. The van der Waals surface area contributed by atoms with Crippen molar-refractivity contribution in [2.45, 2.75) is 25.8 Å². The molecule has 3 nitrogen and oxygen atoms in total. The van der Waals surface area contributed by atoms with Gasteiger partial charge in [0.05, 0.1) is 17.8 Å². The van der Waals surface area contributed by atoms with Gasteiger partial charge in [-0.3, -0.25) is 0 Å². The van der Waals surface area contributed by atoms with Crippen LogP contribution in [-0.2, 0) is 12.8 Å². The number of ether oxygens (including phenoxy) is 1. The van der Waals surface area contributed by atoms with Crippen molar-refractivity contribution in [1.82, 2.24) is 4.98 Å². The molecule has 2 aromatic rings. The minimum absolute atomic E-state index is 0.0959. The van der Waals surface area contributed by atoms with Crippen LogP contribution >= 0.6 is 11.3 Å². The highest BCUT2D eigenvalue weighted by Crippen LogP contribution is 2.15. The van der Waals surface area contributed by atoms with Gasteiger partial charge in [-0.15, -0.1) is 11.3 Å². The maximum absolute atomic E-state index is 6.16. The summed E-state index contributed by atoms with van der Waals surface area (Å²) < 4.78 is 5.21. The van der Waals surface area contributed by atoms with Gasteiger partial charge in [-0.2, -0.15) is 0 Å². The van der Waals surface area contributed by atoms with Crippen LogP contribution in [0.4, 0.5) is 0 Å². The number of methoxy groups -OCH3 is 1. The fourth-order valence-corrected chi connectivity index (χ4v) is 2.57. The van der Waals surface area contributed by atoms with E-state index in [4.69, 9.17) is 10.5 Å². The summed E-state index contributed by atoms with van der Waals surface area (Å²) in [6.07, 6.45) is 1.66. The first-order valence-corrected chi connectivity index (χ1v) is 6.85. The Labute approximate surface area is 112 Å². The van der Waals surface area contributed by atoms with E-state index in [0.717, 1.165) is 29.3 Å². The Balaban J connectivity index is 1.96. The summed E-state index contributed by atoms with van der Waals surface area (Å²) in [6, 6.07) is 8.15. The monoisotopic (exact) mass is 262 g/mol. The molecule has 2 N–H and O–H groups in total. The standard InChI is InChI=1S/C14H18N2OS/c1-10-16-13(9-18-10)8-12(15)6-11-4-3-5-14(7-11)17-2/h3-5,7,9,12H,6,8,15H2,1-2H3. The van der Waals surface area contributed by atoms with E-state index in [1.54, 1.807) is 18.4 Å². The van der Waals surface area contributed by atoms with E-state index in [1.807, 2.05) is 25.1 Å². The number of hydrogen-bond acceptors (Lipinski definition) is 4. The van der Waals surface area contributed by atoms with Crippen LogP contribution in [0.25, 0.3) is 0 Å². The molecule has 0 aliphatic carbocycles. The van der Waals surface area contributed by atoms with E-state index in [2.05, 4.69) is 16.4 Å². The maximum Gasteiger partial charge on any atom is 0.119 e. The Morgan fingerprint density at radius 3 is 2.89 bits per heavy atom. The van der Waals surface area contributed by atoms with E-state index in [0.29, 0.717) is 0 Å². The van der Waals surface area contributed by atoms with Crippen molar-refractivity contribution in [3.63, 3.8) is 0 Å². The number of benzene rings is 1. The lowest BCUT2D eigenvalue weighted by Gasteiger charge is -2.11. The molecule has 2 rings (SSSR count). The van der Waals surface area contributed by atoms with Gasteiger partial charge in [-0.1, -0.05) is 12.1 Å². The van der Waals surface area contributed by atoms with Crippen molar-refractivity contribution in [2.75, 3.05) is 7.11 Å². The molecule has 0 saturated heterocycles. The fraction of sp³-hybridized carbons (Fsp3) is 0.357. The summed E-state index contributed by atoms with van der Waals surface area (Å²) in [5.74, 6) is 0.879. The van der Waals surface area contributed by atoms with Gasteiger partial charge in [-0.25, -0.2) is 4.98 Å². The van der Waals surface area contributed by atoms with Gasteiger partial charge in [-0.05, 0) is 31.0 Å². The normalized spacial score (nSPS) is 12.4. The van der Waals surface area contributed by atoms with Gasteiger partial charge in [0.1, 0.15) is 5.75 Å². The molecule has 96 valence electrons. The van der Waals surface area contributed by atoms with Crippen molar-refractivity contribution in [1.29, 1.82) is 0 Å². The second-order valence-electron chi connectivity index (χ2n) is 4.38. The molecular weight excluding hydrogens is 244 g/mol. The molecule has 18 heavy (non-hydrogen) atoms. The molecule has 1 aromatic carbocycles. The van der Waals surface area contributed by atoms with E-state index in [-0.39, 0.29) is 6.04 Å². The molecule has 1 unspecified atom stereocenters. The Morgan fingerprint density at radius 1 is 1.39 bits per heavy atom. The molecule has 0 bridgehead atoms. The van der Waals surface area contributed by atoms with Crippen LogP contribution in [0.3, 0.4) is 0 Å². The lowest BCUT2D eigenvalue weighted by molar-refractivity contribution is 0.414.